The molecule has 0 spiro atoms. The lowest BCUT2D eigenvalue weighted by molar-refractivity contribution is -0.129. The van der Waals surface area contributed by atoms with Gasteiger partial charge in [-0.15, -0.1) is 11.3 Å². The van der Waals surface area contributed by atoms with Gasteiger partial charge >= 0.3 is 0 Å². The molecule has 2 aliphatic rings. The molecule has 0 radical (unpaired) electrons. The van der Waals surface area contributed by atoms with Crippen molar-refractivity contribution < 1.29 is 4.79 Å². The standard InChI is InChI=1S/C18H23N3O2S2/c22-15(21-8-3-4-9-21)7-10-24-11-14-19-17(23)16-12-5-1-2-6-13(12)25-18(16)20-14/h1-11H2,(H,19,20,23). The van der Waals surface area contributed by atoms with Gasteiger partial charge in [0.1, 0.15) is 10.7 Å². The predicted octanol–water partition coefficient (Wildman–Crippen LogP) is 3.11. The lowest BCUT2D eigenvalue weighted by Crippen LogP contribution is -2.27. The summed E-state index contributed by atoms with van der Waals surface area (Å²) in [5.41, 5.74) is 1.24. The third-order valence-corrected chi connectivity index (χ3v) is 7.19. The summed E-state index contributed by atoms with van der Waals surface area (Å²) < 4.78 is 0. The molecule has 134 valence electrons. The average molecular weight is 378 g/mol. The second-order valence-electron chi connectivity index (χ2n) is 6.79. The Kier molecular flexibility index (Phi) is 5.12. The number of aryl methyl sites for hydroxylation is 2. The van der Waals surface area contributed by atoms with Crippen molar-refractivity contribution in [3.8, 4) is 0 Å². The fourth-order valence-electron chi connectivity index (χ4n) is 3.73. The molecule has 0 unspecified atom stereocenters. The van der Waals surface area contributed by atoms with Crippen LogP contribution in [0.3, 0.4) is 0 Å². The molecule has 0 aromatic carbocycles. The highest BCUT2D eigenvalue weighted by atomic mass is 32.2. The molecular weight excluding hydrogens is 354 g/mol. The van der Waals surface area contributed by atoms with Gasteiger partial charge in [-0.1, -0.05) is 0 Å². The summed E-state index contributed by atoms with van der Waals surface area (Å²) in [4.78, 5) is 36.4. The van der Waals surface area contributed by atoms with E-state index in [1.165, 1.54) is 23.3 Å². The van der Waals surface area contributed by atoms with E-state index in [-0.39, 0.29) is 11.5 Å². The van der Waals surface area contributed by atoms with Crippen molar-refractivity contribution in [2.45, 2.75) is 50.7 Å². The molecule has 1 N–H and O–H groups in total. The van der Waals surface area contributed by atoms with Crippen molar-refractivity contribution in [1.29, 1.82) is 0 Å². The Morgan fingerprint density at radius 3 is 2.84 bits per heavy atom. The quantitative estimate of drug-likeness (QED) is 0.813. The van der Waals surface area contributed by atoms with Crippen LogP contribution < -0.4 is 5.56 Å². The molecule has 1 aliphatic heterocycles. The van der Waals surface area contributed by atoms with Gasteiger partial charge in [-0.05, 0) is 44.1 Å². The van der Waals surface area contributed by atoms with Crippen LogP contribution in [-0.2, 0) is 23.4 Å². The summed E-state index contributed by atoms with van der Waals surface area (Å²) in [6, 6.07) is 0. The molecule has 2 aromatic heterocycles. The van der Waals surface area contributed by atoms with E-state index in [1.807, 2.05) is 4.90 Å². The predicted molar refractivity (Wildman–Crippen MR) is 103 cm³/mol. The number of hydrogen-bond donors (Lipinski definition) is 1. The maximum atomic E-state index is 12.5. The van der Waals surface area contributed by atoms with Crippen molar-refractivity contribution in [3.05, 3.63) is 26.6 Å². The number of nitrogens with one attached hydrogen (secondary N) is 1. The largest absolute Gasteiger partial charge is 0.343 e. The molecule has 1 fully saturated rings. The second-order valence-corrected chi connectivity index (χ2v) is 8.98. The van der Waals surface area contributed by atoms with Gasteiger partial charge in [0.25, 0.3) is 5.56 Å². The molecule has 1 aliphatic carbocycles. The van der Waals surface area contributed by atoms with Crippen molar-refractivity contribution in [2.24, 2.45) is 0 Å². The van der Waals surface area contributed by atoms with E-state index in [4.69, 9.17) is 0 Å². The summed E-state index contributed by atoms with van der Waals surface area (Å²) in [6.07, 6.45) is 7.31. The van der Waals surface area contributed by atoms with Crippen LogP contribution in [0.4, 0.5) is 0 Å². The molecule has 0 atom stereocenters. The lowest BCUT2D eigenvalue weighted by Gasteiger charge is -2.14. The molecule has 25 heavy (non-hydrogen) atoms. The Morgan fingerprint density at radius 2 is 2.00 bits per heavy atom. The van der Waals surface area contributed by atoms with E-state index in [0.717, 1.165) is 60.6 Å². The minimum atomic E-state index is 0.00754. The van der Waals surface area contributed by atoms with Crippen LogP contribution in [0.15, 0.2) is 4.79 Å². The maximum absolute atomic E-state index is 12.5. The molecule has 1 amide bonds. The van der Waals surface area contributed by atoms with Gasteiger partial charge in [0.05, 0.1) is 11.1 Å². The van der Waals surface area contributed by atoms with Crippen molar-refractivity contribution in [2.75, 3.05) is 18.8 Å². The monoisotopic (exact) mass is 377 g/mol. The molecular formula is C18H23N3O2S2. The SMILES string of the molecule is O=C(CCSCc1nc2sc3c(c2c(=O)[nH]1)CCCC3)N1CCCC1. The van der Waals surface area contributed by atoms with Crippen molar-refractivity contribution >= 4 is 39.2 Å². The van der Waals surface area contributed by atoms with Gasteiger partial charge in [0, 0.05) is 30.1 Å². The number of carbonyl (C=O) groups is 1. The van der Waals surface area contributed by atoms with Crippen molar-refractivity contribution in [3.63, 3.8) is 0 Å². The molecule has 0 bridgehead atoms. The first-order chi connectivity index (χ1) is 12.2. The number of hydrogen-bond acceptors (Lipinski definition) is 5. The van der Waals surface area contributed by atoms with Crippen LogP contribution in [0.5, 0.6) is 0 Å². The van der Waals surface area contributed by atoms with Crippen LogP contribution in [0.1, 0.15) is 48.4 Å². The number of fused-ring (bicyclic) bond motifs is 3. The van der Waals surface area contributed by atoms with Crippen LogP contribution in [-0.4, -0.2) is 39.6 Å². The number of amides is 1. The number of aromatic amines is 1. The molecule has 2 aromatic rings. The summed E-state index contributed by atoms with van der Waals surface area (Å²) >= 11 is 3.36. The maximum Gasteiger partial charge on any atom is 0.259 e. The van der Waals surface area contributed by atoms with Gasteiger partial charge < -0.3 is 9.88 Å². The molecule has 3 heterocycles. The van der Waals surface area contributed by atoms with Gasteiger partial charge in [-0.25, -0.2) is 4.98 Å². The van der Waals surface area contributed by atoms with E-state index >= 15 is 0 Å². The summed E-state index contributed by atoms with van der Waals surface area (Å²) in [6.45, 7) is 1.83. The highest BCUT2D eigenvalue weighted by molar-refractivity contribution is 7.98. The molecule has 5 nitrogen and oxygen atoms in total. The third kappa shape index (κ3) is 3.62. The molecule has 0 saturated carbocycles. The summed E-state index contributed by atoms with van der Waals surface area (Å²) in [5, 5.41) is 0.817. The number of rotatable bonds is 5. The number of carbonyl (C=O) groups excluding carboxylic acids is 1. The highest BCUT2D eigenvalue weighted by Crippen LogP contribution is 2.33. The molecule has 4 rings (SSSR count). The number of H-pyrrole nitrogens is 1. The van der Waals surface area contributed by atoms with Gasteiger partial charge in [0.2, 0.25) is 5.91 Å². The first kappa shape index (κ1) is 17.1. The number of aromatic nitrogens is 2. The Balaban J connectivity index is 1.38. The Morgan fingerprint density at radius 1 is 1.20 bits per heavy atom. The normalized spacial score (nSPS) is 17.2. The van der Waals surface area contributed by atoms with Gasteiger partial charge in [-0.3, -0.25) is 9.59 Å². The minimum absolute atomic E-state index is 0.00754. The fraction of sp³-hybridized carbons (Fsp3) is 0.611. The third-order valence-electron chi connectivity index (χ3n) is 5.03. The summed E-state index contributed by atoms with van der Waals surface area (Å²) in [5.74, 6) is 2.42. The number of nitrogens with zero attached hydrogens (tertiary/aromatic N) is 2. The smallest absolute Gasteiger partial charge is 0.259 e. The lowest BCUT2D eigenvalue weighted by atomic mass is 9.97. The fourth-order valence-corrected chi connectivity index (χ4v) is 5.80. The topological polar surface area (TPSA) is 66.1 Å². The van der Waals surface area contributed by atoms with Crippen LogP contribution in [0, 0.1) is 0 Å². The Hall–Kier alpha value is -1.34. The summed E-state index contributed by atoms with van der Waals surface area (Å²) in [7, 11) is 0. The zero-order valence-electron chi connectivity index (χ0n) is 14.3. The minimum Gasteiger partial charge on any atom is -0.343 e. The van der Waals surface area contributed by atoms with Crippen LogP contribution in [0.2, 0.25) is 0 Å². The van der Waals surface area contributed by atoms with E-state index in [0.29, 0.717) is 12.2 Å². The van der Waals surface area contributed by atoms with E-state index in [1.54, 1.807) is 23.1 Å². The van der Waals surface area contributed by atoms with Crippen LogP contribution in [0.25, 0.3) is 10.2 Å². The number of likely N-dealkylation sites (tertiary alicyclic amines) is 1. The number of thioether (sulfide) groups is 1. The Labute approximate surface area is 155 Å². The zero-order valence-corrected chi connectivity index (χ0v) is 15.9. The van der Waals surface area contributed by atoms with Crippen LogP contribution >= 0.6 is 23.1 Å². The number of thiophene rings is 1. The average Bonchev–Trinajstić information content (AvgIpc) is 3.25. The highest BCUT2D eigenvalue weighted by Gasteiger charge is 2.20. The van der Waals surface area contributed by atoms with E-state index < -0.39 is 0 Å². The van der Waals surface area contributed by atoms with Gasteiger partial charge in [0.15, 0.2) is 0 Å². The zero-order chi connectivity index (χ0) is 17.2. The van der Waals surface area contributed by atoms with Gasteiger partial charge in [-0.2, -0.15) is 11.8 Å². The Bertz CT molecular complexity index is 837. The molecule has 7 heteroatoms. The van der Waals surface area contributed by atoms with E-state index in [9.17, 15) is 9.59 Å². The molecule has 1 saturated heterocycles. The first-order valence-corrected chi connectivity index (χ1v) is 11.1. The second kappa shape index (κ2) is 7.50. The first-order valence-electron chi connectivity index (χ1n) is 9.11. The van der Waals surface area contributed by atoms with E-state index in [2.05, 4.69) is 9.97 Å². The van der Waals surface area contributed by atoms with Crippen molar-refractivity contribution in [1.82, 2.24) is 14.9 Å².